The molecule has 0 bridgehead atoms. The van der Waals surface area contributed by atoms with Crippen LogP contribution < -0.4 is 10.6 Å². The monoisotopic (exact) mass is 236 g/mol. The van der Waals surface area contributed by atoms with Crippen molar-refractivity contribution in [3.63, 3.8) is 0 Å². The van der Waals surface area contributed by atoms with Gasteiger partial charge in [0.1, 0.15) is 0 Å². The first-order valence-electron chi connectivity index (χ1n) is 6.59. The summed E-state index contributed by atoms with van der Waals surface area (Å²) in [5.41, 5.74) is 5.50. The molecule has 0 spiro atoms. The Morgan fingerprint density at radius 3 is 1.56 bits per heavy atom. The van der Waals surface area contributed by atoms with Crippen molar-refractivity contribution in [1.82, 2.24) is 0 Å². The van der Waals surface area contributed by atoms with Crippen LogP contribution in [0.5, 0.6) is 0 Å². The smallest absolute Gasteiger partial charge is 0.0507 e. The van der Waals surface area contributed by atoms with E-state index in [4.69, 9.17) is 0 Å². The molecule has 2 aromatic carbocycles. The SMILES string of the molecule is c1ccc2c(c1)C[C@@H]([C@@H]1Cc3ccccc3N1)N2. The van der Waals surface area contributed by atoms with Gasteiger partial charge in [-0.3, -0.25) is 0 Å². The Labute approximate surface area is 107 Å². The summed E-state index contributed by atoms with van der Waals surface area (Å²) in [5.74, 6) is 0. The molecule has 2 N–H and O–H groups in total. The largest absolute Gasteiger partial charge is 0.380 e. The summed E-state index contributed by atoms with van der Waals surface area (Å²) >= 11 is 0. The minimum Gasteiger partial charge on any atom is -0.380 e. The van der Waals surface area contributed by atoms with Gasteiger partial charge < -0.3 is 10.6 Å². The predicted molar refractivity (Wildman–Crippen MR) is 75.1 cm³/mol. The lowest BCUT2D eigenvalue weighted by molar-refractivity contribution is 0.621. The maximum Gasteiger partial charge on any atom is 0.0507 e. The Balaban J connectivity index is 1.56. The molecule has 0 amide bonds. The Kier molecular flexibility index (Phi) is 2.10. The molecular formula is C16H16N2. The lowest BCUT2D eigenvalue weighted by Crippen LogP contribution is -2.36. The molecule has 2 atom stereocenters. The highest BCUT2D eigenvalue weighted by molar-refractivity contribution is 5.61. The molecule has 0 unspecified atom stereocenters. The fourth-order valence-electron chi connectivity index (χ4n) is 3.14. The summed E-state index contributed by atoms with van der Waals surface area (Å²) in [7, 11) is 0. The van der Waals surface area contributed by atoms with Gasteiger partial charge in [-0.15, -0.1) is 0 Å². The van der Waals surface area contributed by atoms with Gasteiger partial charge >= 0.3 is 0 Å². The van der Waals surface area contributed by atoms with Gasteiger partial charge in [0.05, 0.1) is 12.1 Å². The van der Waals surface area contributed by atoms with Gasteiger partial charge in [0, 0.05) is 11.4 Å². The first-order chi connectivity index (χ1) is 8.90. The summed E-state index contributed by atoms with van der Waals surface area (Å²) in [4.78, 5) is 0. The molecule has 2 heteroatoms. The molecule has 90 valence electrons. The third kappa shape index (κ3) is 1.49. The number of benzene rings is 2. The van der Waals surface area contributed by atoms with Crippen LogP contribution in [0.2, 0.25) is 0 Å². The summed E-state index contributed by atoms with van der Waals surface area (Å²) in [6.07, 6.45) is 2.25. The van der Waals surface area contributed by atoms with Crippen LogP contribution in [0.4, 0.5) is 11.4 Å². The third-order valence-corrected chi connectivity index (χ3v) is 4.08. The highest BCUT2D eigenvalue weighted by atomic mass is 15.1. The van der Waals surface area contributed by atoms with E-state index >= 15 is 0 Å². The van der Waals surface area contributed by atoms with Gasteiger partial charge in [0.15, 0.2) is 0 Å². The van der Waals surface area contributed by atoms with Crippen molar-refractivity contribution >= 4 is 11.4 Å². The molecule has 2 heterocycles. The van der Waals surface area contributed by atoms with Gasteiger partial charge in [-0.2, -0.15) is 0 Å². The zero-order valence-electron chi connectivity index (χ0n) is 10.2. The summed E-state index contributed by atoms with van der Waals surface area (Å²) in [6.45, 7) is 0. The Morgan fingerprint density at radius 1 is 0.667 bits per heavy atom. The van der Waals surface area contributed by atoms with Gasteiger partial charge in [-0.1, -0.05) is 36.4 Å². The Hall–Kier alpha value is -1.96. The number of fused-ring (bicyclic) bond motifs is 2. The zero-order valence-corrected chi connectivity index (χ0v) is 10.2. The van der Waals surface area contributed by atoms with Crippen LogP contribution in [-0.4, -0.2) is 12.1 Å². The summed E-state index contributed by atoms with van der Waals surface area (Å²) in [6, 6.07) is 18.3. The van der Waals surface area contributed by atoms with Crippen molar-refractivity contribution in [3.05, 3.63) is 59.7 Å². The highest BCUT2D eigenvalue weighted by Gasteiger charge is 2.31. The van der Waals surface area contributed by atoms with Crippen LogP contribution >= 0.6 is 0 Å². The van der Waals surface area contributed by atoms with E-state index in [1.54, 1.807) is 0 Å². The van der Waals surface area contributed by atoms with Crippen molar-refractivity contribution in [2.75, 3.05) is 10.6 Å². The van der Waals surface area contributed by atoms with Crippen LogP contribution in [0.25, 0.3) is 0 Å². The van der Waals surface area contributed by atoms with E-state index in [1.807, 2.05) is 0 Å². The Bertz CT molecular complexity index is 488. The molecular weight excluding hydrogens is 220 g/mol. The van der Waals surface area contributed by atoms with Crippen molar-refractivity contribution in [1.29, 1.82) is 0 Å². The second kappa shape index (κ2) is 3.77. The maximum atomic E-state index is 3.65. The van der Waals surface area contributed by atoms with Crippen molar-refractivity contribution in [2.45, 2.75) is 24.9 Å². The topological polar surface area (TPSA) is 24.1 Å². The molecule has 0 saturated carbocycles. The molecule has 0 fully saturated rings. The lowest BCUT2D eigenvalue weighted by Gasteiger charge is -2.20. The molecule has 18 heavy (non-hydrogen) atoms. The molecule has 0 radical (unpaired) electrons. The molecule has 0 saturated heterocycles. The zero-order chi connectivity index (χ0) is 11.9. The summed E-state index contributed by atoms with van der Waals surface area (Å²) in [5, 5.41) is 7.30. The minimum atomic E-state index is 0.509. The second-order valence-electron chi connectivity index (χ2n) is 5.22. The average molecular weight is 236 g/mol. The van der Waals surface area contributed by atoms with E-state index in [2.05, 4.69) is 59.2 Å². The third-order valence-electron chi connectivity index (χ3n) is 4.08. The highest BCUT2D eigenvalue weighted by Crippen LogP contribution is 2.33. The van der Waals surface area contributed by atoms with Gasteiger partial charge in [0.2, 0.25) is 0 Å². The molecule has 2 aliphatic rings. The van der Waals surface area contributed by atoms with Crippen LogP contribution in [0.15, 0.2) is 48.5 Å². The number of hydrogen-bond donors (Lipinski definition) is 2. The van der Waals surface area contributed by atoms with Gasteiger partial charge in [-0.25, -0.2) is 0 Å². The van der Waals surface area contributed by atoms with E-state index in [0.29, 0.717) is 12.1 Å². The number of para-hydroxylation sites is 2. The minimum absolute atomic E-state index is 0.509. The van der Waals surface area contributed by atoms with Crippen LogP contribution in [0.3, 0.4) is 0 Å². The van der Waals surface area contributed by atoms with Crippen molar-refractivity contribution in [2.24, 2.45) is 0 Å². The number of anilines is 2. The molecule has 0 aromatic heterocycles. The molecule has 0 aliphatic carbocycles. The Morgan fingerprint density at radius 2 is 1.11 bits per heavy atom. The van der Waals surface area contributed by atoms with Crippen LogP contribution in [0, 0.1) is 0 Å². The lowest BCUT2D eigenvalue weighted by atomic mass is 10.0. The average Bonchev–Trinajstić information content (AvgIpc) is 3.02. The predicted octanol–water partition coefficient (Wildman–Crippen LogP) is 3.06. The van der Waals surface area contributed by atoms with E-state index in [-0.39, 0.29) is 0 Å². The van der Waals surface area contributed by atoms with E-state index in [0.717, 1.165) is 12.8 Å². The molecule has 4 rings (SSSR count). The number of rotatable bonds is 1. The fraction of sp³-hybridized carbons (Fsp3) is 0.250. The van der Waals surface area contributed by atoms with Crippen LogP contribution in [0.1, 0.15) is 11.1 Å². The molecule has 2 nitrogen and oxygen atoms in total. The molecule has 2 aliphatic heterocycles. The summed E-state index contributed by atoms with van der Waals surface area (Å²) < 4.78 is 0. The van der Waals surface area contributed by atoms with Crippen molar-refractivity contribution in [3.8, 4) is 0 Å². The van der Waals surface area contributed by atoms with E-state index in [9.17, 15) is 0 Å². The second-order valence-corrected chi connectivity index (χ2v) is 5.22. The van der Waals surface area contributed by atoms with E-state index < -0.39 is 0 Å². The standard InChI is InChI=1S/C16H16N2/c1-3-7-13-11(5-1)9-15(17-13)16-10-12-6-2-4-8-14(12)18-16/h1-8,15-18H,9-10H2/t15-,16-/m0/s1. The van der Waals surface area contributed by atoms with Crippen LogP contribution in [-0.2, 0) is 12.8 Å². The van der Waals surface area contributed by atoms with E-state index in [1.165, 1.54) is 22.5 Å². The van der Waals surface area contributed by atoms with Crippen molar-refractivity contribution < 1.29 is 0 Å². The number of hydrogen-bond acceptors (Lipinski definition) is 2. The maximum absolute atomic E-state index is 3.65. The normalized spacial score (nSPS) is 24.0. The number of nitrogens with one attached hydrogen (secondary N) is 2. The van der Waals surface area contributed by atoms with Gasteiger partial charge in [-0.05, 0) is 36.1 Å². The molecule has 2 aromatic rings. The fourth-order valence-corrected chi connectivity index (χ4v) is 3.14. The van der Waals surface area contributed by atoms with Gasteiger partial charge in [0.25, 0.3) is 0 Å². The quantitative estimate of drug-likeness (QED) is 0.795. The first-order valence-corrected chi connectivity index (χ1v) is 6.59. The first kappa shape index (κ1) is 10.0.